The lowest BCUT2D eigenvalue weighted by molar-refractivity contribution is 0.0697. The maximum atomic E-state index is 10.8. The molecule has 21 heavy (non-hydrogen) atoms. The monoisotopic (exact) mass is 349 g/mol. The van der Waals surface area contributed by atoms with Crippen molar-refractivity contribution >= 4 is 21.9 Å². The topological polar surface area (TPSA) is 72.5 Å². The number of nitrogens with two attached hydrogens (primary N) is 1. The van der Waals surface area contributed by atoms with Gasteiger partial charge in [0.15, 0.2) is 0 Å². The molecule has 4 nitrogen and oxygen atoms in total. The second-order valence-electron chi connectivity index (χ2n) is 4.76. The van der Waals surface area contributed by atoms with E-state index in [0.29, 0.717) is 6.61 Å². The first-order chi connectivity index (χ1) is 9.97. The zero-order valence-corrected chi connectivity index (χ0v) is 13.1. The van der Waals surface area contributed by atoms with Crippen molar-refractivity contribution in [1.29, 1.82) is 0 Å². The number of halogens is 1. The van der Waals surface area contributed by atoms with Crippen molar-refractivity contribution < 1.29 is 14.6 Å². The van der Waals surface area contributed by atoms with E-state index in [4.69, 9.17) is 15.6 Å². The average molecular weight is 350 g/mol. The second kappa shape index (κ2) is 6.74. The summed E-state index contributed by atoms with van der Waals surface area (Å²) in [4.78, 5) is 10.8. The summed E-state index contributed by atoms with van der Waals surface area (Å²) >= 11 is 3.41. The van der Waals surface area contributed by atoms with E-state index < -0.39 is 5.97 Å². The Morgan fingerprint density at radius 3 is 2.52 bits per heavy atom. The maximum Gasteiger partial charge on any atom is 0.335 e. The van der Waals surface area contributed by atoms with E-state index in [1.165, 1.54) is 0 Å². The van der Waals surface area contributed by atoms with Crippen molar-refractivity contribution in [2.75, 3.05) is 0 Å². The molecule has 0 unspecified atom stereocenters. The molecule has 0 aliphatic heterocycles. The van der Waals surface area contributed by atoms with Crippen LogP contribution in [-0.4, -0.2) is 11.1 Å². The minimum absolute atomic E-state index is 0.123. The normalized spacial score (nSPS) is 12.0. The third kappa shape index (κ3) is 4.06. The zero-order valence-electron chi connectivity index (χ0n) is 11.5. The van der Waals surface area contributed by atoms with Crippen molar-refractivity contribution in [2.45, 2.75) is 19.6 Å². The van der Waals surface area contributed by atoms with Crippen LogP contribution in [0, 0.1) is 0 Å². The molecule has 0 heterocycles. The molecule has 2 rings (SSSR count). The average Bonchev–Trinajstić information content (AvgIpc) is 2.45. The molecule has 3 N–H and O–H groups in total. The lowest BCUT2D eigenvalue weighted by Crippen LogP contribution is -2.08. The maximum absolute atomic E-state index is 10.8. The fourth-order valence-corrected chi connectivity index (χ4v) is 2.25. The molecule has 0 aliphatic rings. The second-order valence-corrected chi connectivity index (χ2v) is 5.68. The van der Waals surface area contributed by atoms with Gasteiger partial charge in [-0.25, -0.2) is 4.79 Å². The predicted octanol–water partition coefficient (Wildman–Crippen LogP) is 3.75. The quantitative estimate of drug-likeness (QED) is 0.862. The van der Waals surface area contributed by atoms with Crippen molar-refractivity contribution in [3.8, 4) is 5.75 Å². The minimum Gasteiger partial charge on any atom is -0.489 e. The number of carbonyl (C=O) groups is 1. The Bertz CT molecular complexity index is 638. The molecule has 0 aromatic heterocycles. The van der Waals surface area contributed by atoms with Crippen LogP contribution in [0.5, 0.6) is 5.75 Å². The summed E-state index contributed by atoms with van der Waals surface area (Å²) in [6, 6.07) is 12.2. The van der Waals surface area contributed by atoms with Gasteiger partial charge >= 0.3 is 5.97 Å². The highest BCUT2D eigenvalue weighted by molar-refractivity contribution is 9.10. The molecule has 0 spiro atoms. The highest BCUT2D eigenvalue weighted by Gasteiger charge is 2.09. The molecule has 0 aliphatic carbocycles. The van der Waals surface area contributed by atoms with Gasteiger partial charge in [-0.3, -0.25) is 0 Å². The lowest BCUT2D eigenvalue weighted by atomic mass is 10.1. The Morgan fingerprint density at radius 2 is 1.95 bits per heavy atom. The summed E-state index contributed by atoms with van der Waals surface area (Å²) < 4.78 is 6.73. The van der Waals surface area contributed by atoms with Gasteiger partial charge in [-0.2, -0.15) is 0 Å². The van der Waals surface area contributed by atoms with Crippen LogP contribution in [-0.2, 0) is 6.61 Å². The fourth-order valence-electron chi connectivity index (χ4n) is 1.91. The first kappa shape index (κ1) is 15.5. The van der Waals surface area contributed by atoms with Crippen LogP contribution in [0.1, 0.15) is 34.5 Å². The summed E-state index contributed by atoms with van der Waals surface area (Å²) in [6.45, 7) is 2.26. The van der Waals surface area contributed by atoms with Gasteiger partial charge < -0.3 is 15.6 Å². The molecule has 110 valence electrons. The van der Waals surface area contributed by atoms with Gasteiger partial charge in [0.05, 0.1) is 5.56 Å². The van der Waals surface area contributed by atoms with E-state index in [1.54, 1.807) is 24.3 Å². The predicted molar refractivity (Wildman–Crippen MR) is 84.5 cm³/mol. The molecular formula is C16H16BrNO3. The molecule has 0 radical (unpaired) electrons. The van der Waals surface area contributed by atoms with E-state index in [2.05, 4.69) is 15.9 Å². The Kier molecular flexibility index (Phi) is 4.98. The Labute approximate surface area is 131 Å². The van der Waals surface area contributed by atoms with Gasteiger partial charge in [-0.15, -0.1) is 0 Å². The number of hydrogen-bond donors (Lipinski definition) is 2. The molecular weight excluding hydrogens is 334 g/mol. The van der Waals surface area contributed by atoms with Crippen molar-refractivity contribution in [2.24, 2.45) is 5.73 Å². The smallest absolute Gasteiger partial charge is 0.335 e. The number of carboxylic acid groups (broad SMARTS) is 1. The highest BCUT2D eigenvalue weighted by atomic mass is 79.9. The Balaban J connectivity index is 2.12. The number of benzene rings is 2. The van der Waals surface area contributed by atoms with Crippen LogP contribution in [0.15, 0.2) is 46.9 Å². The van der Waals surface area contributed by atoms with Crippen molar-refractivity contribution in [1.82, 2.24) is 0 Å². The van der Waals surface area contributed by atoms with E-state index in [9.17, 15) is 4.79 Å². The van der Waals surface area contributed by atoms with Gasteiger partial charge in [0, 0.05) is 16.1 Å². The minimum atomic E-state index is -0.936. The van der Waals surface area contributed by atoms with E-state index in [-0.39, 0.29) is 11.6 Å². The zero-order chi connectivity index (χ0) is 15.4. The standard InChI is InChI=1S/C16H16BrNO3/c1-10(18)14-7-6-13(17)8-15(14)21-9-11-2-4-12(5-3-11)16(19)20/h2-8,10H,9,18H2,1H3,(H,19,20)/t10-/m1/s1. The van der Waals surface area contributed by atoms with Crippen molar-refractivity contribution in [3.63, 3.8) is 0 Å². The molecule has 0 bridgehead atoms. The number of aromatic carboxylic acids is 1. The van der Waals surface area contributed by atoms with Gasteiger partial charge in [0.25, 0.3) is 0 Å². The number of rotatable bonds is 5. The highest BCUT2D eigenvalue weighted by Crippen LogP contribution is 2.28. The molecule has 2 aromatic rings. The lowest BCUT2D eigenvalue weighted by Gasteiger charge is -2.14. The third-order valence-corrected chi connectivity index (χ3v) is 3.55. The molecule has 0 saturated carbocycles. The van der Waals surface area contributed by atoms with E-state index >= 15 is 0 Å². The van der Waals surface area contributed by atoms with Crippen LogP contribution in [0.2, 0.25) is 0 Å². The van der Waals surface area contributed by atoms with Crippen LogP contribution in [0.3, 0.4) is 0 Å². The number of hydrogen-bond acceptors (Lipinski definition) is 3. The van der Waals surface area contributed by atoms with E-state index in [0.717, 1.165) is 21.3 Å². The summed E-state index contributed by atoms with van der Waals surface area (Å²) in [5, 5.41) is 8.86. The number of carboxylic acids is 1. The summed E-state index contributed by atoms with van der Waals surface area (Å²) in [5.74, 6) is -0.213. The van der Waals surface area contributed by atoms with Gasteiger partial charge in [0.2, 0.25) is 0 Å². The first-order valence-electron chi connectivity index (χ1n) is 6.47. The summed E-state index contributed by atoms with van der Waals surface area (Å²) in [5.41, 5.74) is 8.02. The molecule has 5 heteroatoms. The SMILES string of the molecule is C[C@@H](N)c1ccc(Br)cc1OCc1ccc(C(=O)O)cc1. The van der Waals surface area contributed by atoms with E-state index in [1.807, 2.05) is 25.1 Å². The van der Waals surface area contributed by atoms with Gasteiger partial charge in [-0.1, -0.05) is 34.1 Å². The largest absolute Gasteiger partial charge is 0.489 e. The Morgan fingerprint density at radius 1 is 1.29 bits per heavy atom. The Hall–Kier alpha value is -1.85. The number of ether oxygens (including phenoxy) is 1. The first-order valence-corrected chi connectivity index (χ1v) is 7.26. The van der Waals surface area contributed by atoms with Gasteiger partial charge in [-0.05, 0) is 36.8 Å². The van der Waals surface area contributed by atoms with Crippen LogP contribution >= 0.6 is 15.9 Å². The van der Waals surface area contributed by atoms with Crippen LogP contribution in [0.4, 0.5) is 0 Å². The summed E-state index contributed by atoms with van der Waals surface area (Å²) in [6.07, 6.45) is 0. The third-order valence-electron chi connectivity index (χ3n) is 3.06. The van der Waals surface area contributed by atoms with Gasteiger partial charge in [0.1, 0.15) is 12.4 Å². The summed E-state index contributed by atoms with van der Waals surface area (Å²) in [7, 11) is 0. The van der Waals surface area contributed by atoms with Crippen LogP contribution in [0.25, 0.3) is 0 Å². The molecule has 0 fully saturated rings. The molecule has 0 saturated heterocycles. The molecule has 1 atom stereocenters. The molecule has 2 aromatic carbocycles. The molecule has 0 amide bonds. The fraction of sp³-hybridized carbons (Fsp3) is 0.188. The van der Waals surface area contributed by atoms with Crippen molar-refractivity contribution in [3.05, 3.63) is 63.6 Å². The van der Waals surface area contributed by atoms with Crippen LogP contribution < -0.4 is 10.5 Å².